The number of ether oxygens (including phenoxy) is 1. The standard InChI is InChI=1S/C36H47N3O5/c1-25(2)20-21-26(3)39(34(42)31(22-27-14-9-7-10-15-27)38-35(43)44-36(4,5)6)32(29-18-13-19-30(40)23-29)33(41)37-24-28-16-11-8-12-17-28/h7-19,23,25-26,31-32,40H,20-22,24H2,1-6H3,(H,37,41)(H,38,43). The van der Waals surface area contributed by atoms with Crippen LogP contribution in [0.5, 0.6) is 5.75 Å². The molecule has 3 aromatic carbocycles. The average molecular weight is 602 g/mol. The number of benzene rings is 3. The van der Waals surface area contributed by atoms with Crippen LogP contribution in [0.4, 0.5) is 4.79 Å². The van der Waals surface area contributed by atoms with E-state index in [2.05, 4.69) is 24.5 Å². The molecule has 0 aromatic heterocycles. The van der Waals surface area contributed by atoms with Crippen LogP contribution in [-0.2, 0) is 27.3 Å². The number of nitrogens with zero attached hydrogens (tertiary/aromatic N) is 1. The first-order valence-corrected chi connectivity index (χ1v) is 15.3. The van der Waals surface area contributed by atoms with Crippen LogP contribution in [0.15, 0.2) is 84.9 Å². The van der Waals surface area contributed by atoms with Crippen LogP contribution in [0, 0.1) is 5.92 Å². The summed E-state index contributed by atoms with van der Waals surface area (Å²) >= 11 is 0. The van der Waals surface area contributed by atoms with Crippen molar-refractivity contribution < 1.29 is 24.2 Å². The van der Waals surface area contributed by atoms with Crippen LogP contribution < -0.4 is 10.6 Å². The second-order valence-corrected chi connectivity index (χ2v) is 12.7. The normalized spacial score (nSPS) is 13.4. The molecule has 0 aliphatic carbocycles. The van der Waals surface area contributed by atoms with E-state index in [0.29, 0.717) is 17.9 Å². The number of rotatable bonds is 13. The number of aromatic hydroxyl groups is 1. The molecule has 236 valence electrons. The van der Waals surface area contributed by atoms with Crippen LogP contribution >= 0.6 is 0 Å². The van der Waals surface area contributed by atoms with Crippen LogP contribution in [-0.4, -0.2) is 45.6 Å². The molecule has 44 heavy (non-hydrogen) atoms. The molecule has 3 N–H and O–H groups in total. The Labute approximate surface area is 261 Å². The summed E-state index contributed by atoms with van der Waals surface area (Å²) < 4.78 is 5.54. The number of nitrogens with one attached hydrogen (secondary N) is 2. The molecule has 8 heteroatoms. The Balaban J connectivity index is 2.08. The molecule has 3 amide bonds. The van der Waals surface area contributed by atoms with Crippen molar-refractivity contribution in [1.29, 1.82) is 0 Å². The summed E-state index contributed by atoms with van der Waals surface area (Å²) in [6, 6.07) is 22.9. The van der Waals surface area contributed by atoms with Gasteiger partial charge in [-0.25, -0.2) is 4.79 Å². The molecule has 0 spiro atoms. The van der Waals surface area contributed by atoms with Crippen molar-refractivity contribution in [2.75, 3.05) is 0 Å². The molecule has 3 rings (SSSR count). The second-order valence-electron chi connectivity index (χ2n) is 12.7. The van der Waals surface area contributed by atoms with Gasteiger partial charge in [-0.3, -0.25) is 9.59 Å². The number of phenolic OH excluding ortho intramolecular Hbond substituents is 1. The Morgan fingerprint density at radius 3 is 2.02 bits per heavy atom. The first kappa shape index (κ1) is 34.2. The number of hydrogen-bond acceptors (Lipinski definition) is 5. The third kappa shape index (κ3) is 10.7. The lowest BCUT2D eigenvalue weighted by Crippen LogP contribution is -2.56. The Kier molecular flexibility index (Phi) is 12.4. The third-order valence-corrected chi connectivity index (χ3v) is 7.18. The van der Waals surface area contributed by atoms with Crippen LogP contribution in [0.25, 0.3) is 0 Å². The summed E-state index contributed by atoms with van der Waals surface area (Å²) in [4.78, 5) is 43.4. The highest BCUT2D eigenvalue weighted by Crippen LogP contribution is 2.30. The van der Waals surface area contributed by atoms with Crippen molar-refractivity contribution in [2.45, 2.75) is 91.1 Å². The third-order valence-electron chi connectivity index (χ3n) is 7.18. The highest BCUT2D eigenvalue weighted by Gasteiger charge is 2.39. The number of alkyl carbamates (subject to hydrolysis) is 1. The maximum absolute atomic E-state index is 14.7. The van der Waals surface area contributed by atoms with Gasteiger partial charge in [0.1, 0.15) is 23.4 Å². The smallest absolute Gasteiger partial charge is 0.408 e. The highest BCUT2D eigenvalue weighted by atomic mass is 16.6. The number of carbonyl (C=O) groups excluding carboxylic acids is 3. The second kappa shape index (κ2) is 15.9. The van der Waals surface area contributed by atoms with Gasteiger partial charge in [0, 0.05) is 19.0 Å². The maximum atomic E-state index is 14.7. The average Bonchev–Trinajstić information content (AvgIpc) is 2.96. The topological polar surface area (TPSA) is 108 Å². The molecule has 0 aliphatic heterocycles. The van der Waals surface area contributed by atoms with E-state index in [9.17, 15) is 19.5 Å². The van der Waals surface area contributed by atoms with Crippen molar-refractivity contribution in [3.63, 3.8) is 0 Å². The Hall–Kier alpha value is -4.33. The molecule has 0 saturated heterocycles. The van der Waals surface area contributed by atoms with Crippen molar-refractivity contribution in [3.8, 4) is 5.75 Å². The first-order chi connectivity index (χ1) is 20.8. The predicted molar refractivity (Wildman–Crippen MR) is 173 cm³/mol. The largest absolute Gasteiger partial charge is 0.508 e. The SMILES string of the molecule is CC(C)CCC(C)N(C(=O)C(Cc1ccccc1)NC(=O)OC(C)(C)C)C(C(=O)NCc1ccccc1)c1cccc(O)c1. The van der Waals surface area contributed by atoms with Gasteiger partial charge >= 0.3 is 6.09 Å². The van der Waals surface area contributed by atoms with Gasteiger partial charge in [0.2, 0.25) is 11.8 Å². The lowest BCUT2D eigenvalue weighted by atomic mass is 9.95. The molecular weight excluding hydrogens is 554 g/mol. The zero-order valence-corrected chi connectivity index (χ0v) is 26.7. The van der Waals surface area contributed by atoms with Gasteiger partial charge in [0.25, 0.3) is 0 Å². The molecule has 0 fully saturated rings. The van der Waals surface area contributed by atoms with E-state index in [1.807, 2.05) is 67.6 Å². The van der Waals surface area contributed by atoms with E-state index in [-0.39, 0.29) is 30.7 Å². The van der Waals surface area contributed by atoms with E-state index in [4.69, 9.17) is 4.74 Å². The van der Waals surface area contributed by atoms with Gasteiger partial charge < -0.3 is 25.4 Å². The quantitative estimate of drug-likeness (QED) is 0.206. The molecule has 3 unspecified atom stereocenters. The summed E-state index contributed by atoms with van der Waals surface area (Å²) in [6.07, 6.45) is 0.940. The summed E-state index contributed by atoms with van der Waals surface area (Å²) in [5.41, 5.74) is 1.46. The van der Waals surface area contributed by atoms with E-state index < -0.39 is 29.7 Å². The minimum atomic E-state index is -1.07. The minimum absolute atomic E-state index is 0.0155. The summed E-state index contributed by atoms with van der Waals surface area (Å²) in [6.45, 7) is 11.7. The summed E-state index contributed by atoms with van der Waals surface area (Å²) in [5, 5.41) is 16.2. The Morgan fingerprint density at radius 1 is 0.841 bits per heavy atom. The van der Waals surface area contributed by atoms with Crippen LogP contribution in [0.3, 0.4) is 0 Å². The molecule has 0 heterocycles. The Bertz CT molecular complexity index is 1350. The fraction of sp³-hybridized carbons (Fsp3) is 0.417. The van der Waals surface area contributed by atoms with Crippen molar-refractivity contribution in [1.82, 2.24) is 15.5 Å². The van der Waals surface area contributed by atoms with Crippen LogP contribution in [0.1, 0.15) is 77.1 Å². The van der Waals surface area contributed by atoms with Crippen molar-refractivity contribution in [2.24, 2.45) is 5.92 Å². The van der Waals surface area contributed by atoms with Gasteiger partial charge in [-0.15, -0.1) is 0 Å². The highest BCUT2D eigenvalue weighted by molar-refractivity contribution is 5.92. The van der Waals surface area contributed by atoms with Gasteiger partial charge in [0.15, 0.2) is 0 Å². The monoisotopic (exact) mass is 601 g/mol. The minimum Gasteiger partial charge on any atom is -0.508 e. The summed E-state index contributed by atoms with van der Waals surface area (Å²) in [7, 11) is 0. The fourth-order valence-electron chi connectivity index (χ4n) is 5.01. The van der Waals surface area contributed by atoms with Crippen LogP contribution in [0.2, 0.25) is 0 Å². The van der Waals surface area contributed by atoms with Gasteiger partial charge in [-0.1, -0.05) is 86.6 Å². The molecule has 0 saturated carbocycles. The van der Waals surface area contributed by atoms with Gasteiger partial charge in [-0.05, 0) is 75.3 Å². The lowest BCUT2D eigenvalue weighted by Gasteiger charge is -2.39. The summed E-state index contributed by atoms with van der Waals surface area (Å²) in [5.74, 6) is -0.446. The molecule has 3 atom stereocenters. The molecule has 0 radical (unpaired) electrons. The zero-order chi connectivity index (χ0) is 32.3. The van der Waals surface area contributed by atoms with Gasteiger partial charge in [-0.2, -0.15) is 0 Å². The molecule has 0 bridgehead atoms. The predicted octanol–water partition coefficient (Wildman–Crippen LogP) is 6.54. The molecule has 3 aromatic rings. The van der Waals surface area contributed by atoms with Gasteiger partial charge in [0.05, 0.1) is 0 Å². The van der Waals surface area contributed by atoms with E-state index in [0.717, 1.165) is 17.5 Å². The molecular formula is C36H47N3O5. The number of hydrogen-bond donors (Lipinski definition) is 3. The fourth-order valence-corrected chi connectivity index (χ4v) is 5.01. The number of carbonyl (C=O) groups is 3. The maximum Gasteiger partial charge on any atom is 0.408 e. The van der Waals surface area contributed by atoms with E-state index in [1.54, 1.807) is 37.8 Å². The van der Waals surface area contributed by atoms with E-state index >= 15 is 0 Å². The van der Waals surface area contributed by atoms with Crippen molar-refractivity contribution in [3.05, 3.63) is 102 Å². The number of phenols is 1. The number of amides is 3. The Morgan fingerprint density at radius 2 is 1.45 bits per heavy atom. The zero-order valence-electron chi connectivity index (χ0n) is 26.7. The first-order valence-electron chi connectivity index (χ1n) is 15.3. The lowest BCUT2D eigenvalue weighted by molar-refractivity contribution is -0.145. The van der Waals surface area contributed by atoms with Crippen molar-refractivity contribution >= 4 is 17.9 Å². The molecule has 8 nitrogen and oxygen atoms in total. The molecule has 0 aliphatic rings. The van der Waals surface area contributed by atoms with E-state index in [1.165, 1.54) is 12.1 Å².